The summed E-state index contributed by atoms with van der Waals surface area (Å²) in [7, 11) is 0. The molecular weight excluding hydrogens is 92.1 g/mol. The molecule has 0 aliphatic rings. The second-order valence-electron chi connectivity index (χ2n) is 0.936. The van der Waals surface area contributed by atoms with E-state index >= 15 is 0 Å². The molecule has 35 valence electrons. The Bertz CT molecular complexity index is 145. The molecule has 0 bridgehead atoms. The first-order valence-corrected chi connectivity index (χ1v) is 1.75. The highest BCUT2D eigenvalue weighted by atomic mass is 16.4. The van der Waals surface area contributed by atoms with Gasteiger partial charge in [0.1, 0.15) is 0 Å². The second kappa shape index (κ2) is 1.55. The van der Waals surface area contributed by atoms with Gasteiger partial charge in [0.2, 0.25) is 5.89 Å². The second-order valence-corrected chi connectivity index (χ2v) is 0.936. The molecule has 0 aliphatic carbocycles. The minimum absolute atomic E-state index is 0.403. The van der Waals surface area contributed by atoms with Crippen LogP contribution in [0.15, 0.2) is 11.0 Å². The van der Waals surface area contributed by atoms with Gasteiger partial charge >= 0.3 is 6.39 Å². The van der Waals surface area contributed by atoms with Crippen molar-refractivity contribution in [3.63, 3.8) is 0 Å². The first-order valence-electron chi connectivity index (χ1n) is 1.75. The standard InChI is InChI=1S/C4H3N2O/c1-2-4-6-5-3-7-4/h2H,1H2. The quantitative estimate of drug-likeness (QED) is 0.510. The Kier molecular flexibility index (Phi) is 0.898. The third-order valence-electron chi connectivity index (χ3n) is 0.514. The van der Waals surface area contributed by atoms with Crippen LogP contribution in [0.1, 0.15) is 5.89 Å². The van der Waals surface area contributed by atoms with Crippen molar-refractivity contribution in [2.24, 2.45) is 0 Å². The topological polar surface area (TPSA) is 38.9 Å². The van der Waals surface area contributed by atoms with Crippen molar-refractivity contribution in [3.8, 4) is 0 Å². The summed E-state index contributed by atoms with van der Waals surface area (Å²) in [6, 6.07) is 0. The van der Waals surface area contributed by atoms with Crippen molar-refractivity contribution in [1.82, 2.24) is 10.2 Å². The summed E-state index contributed by atoms with van der Waals surface area (Å²) in [5.41, 5.74) is 0. The average molecular weight is 95.1 g/mol. The van der Waals surface area contributed by atoms with Crippen LogP contribution in [0.25, 0.3) is 6.08 Å². The molecule has 3 nitrogen and oxygen atoms in total. The Labute approximate surface area is 40.7 Å². The van der Waals surface area contributed by atoms with E-state index in [1.807, 2.05) is 0 Å². The molecule has 0 aliphatic heterocycles. The SMILES string of the molecule is C=Cc1nn[c]o1. The lowest BCUT2D eigenvalue weighted by Gasteiger charge is -1.67. The fourth-order valence-corrected chi connectivity index (χ4v) is 0.240. The summed E-state index contributed by atoms with van der Waals surface area (Å²) in [6.07, 6.45) is 3.64. The maximum absolute atomic E-state index is 4.52. The zero-order valence-corrected chi connectivity index (χ0v) is 3.59. The van der Waals surface area contributed by atoms with E-state index in [1.54, 1.807) is 0 Å². The summed E-state index contributed by atoms with van der Waals surface area (Å²) in [5, 5.41) is 6.72. The summed E-state index contributed by atoms with van der Waals surface area (Å²) >= 11 is 0. The van der Waals surface area contributed by atoms with E-state index in [0.717, 1.165) is 0 Å². The number of hydrogen-bond acceptors (Lipinski definition) is 3. The normalized spacial score (nSPS) is 8.57. The summed E-state index contributed by atoms with van der Waals surface area (Å²) in [4.78, 5) is 0. The minimum Gasteiger partial charge on any atom is -0.413 e. The lowest BCUT2D eigenvalue weighted by molar-refractivity contribution is 0.533. The fourth-order valence-electron chi connectivity index (χ4n) is 0.240. The van der Waals surface area contributed by atoms with Gasteiger partial charge in [-0.05, 0) is 6.08 Å². The molecule has 0 saturated heterocycles. The van der Waals surface area contributed by atoms with Crippen molar-refractivity contribution in [2.75, 3.05) is 0 Å². The summed E-state index contributed by atoms with van der Waals surface area (Å²) < 4.78 is 4.52. The maximum atomic E-state index is 4.52. The van der Waals surface area contributed by atoms with Crippen molar-refractivity contribution >= 4 is 6.08 Å². The molecule has 7 heavy (non-hydrogen) atoms. The van der Waals surface area contributed by atoms with Gasteiger partial charge in [0.05, 0.1) is 0 Å². The largest absolute Gasteiger partial charge is 0.413 e. The van der Waals surface area contributed by atoms with Gasteiger partial charge in [-0.15, -0.1) is 10.2 Å². The highest BCUT2D eigenvalue weighted by Crippen LogP contribution is 1.88. The van der Waals surface area contributed by atoms with Gasteiger partial charge in [-0.25, -0.2) is 0 Å². The third kappa shape index (κ3) is 0.652. The van der Waals surface area contributed by atoms with Gasteiger partial charge in [0, 0.05) is 0 Å². The molecule has 0 spiro atoms. The average Bonchev–Trinajstić information content (AvgIpc) is 2.14. The van der Waals surface area contributed by atoms with E-state index in [4.69, 9.17) is 0 Å². The molecule has 0 unspecified atom stereocenters. The Morgan fingerprint density at radius 3 is 3.00 bits per heavy atom. The van der Waals surface area contributed by atoms with Gasteiger partial charge in [-0.3, -0.25) is 0 Å². The number of nitrogens with zero attached hydrogens (tertiary/aromatic N) is 2. The lowest BCUT2D eigenvalue weighted by atomic mass is 10.7. The van der Waals surface area contributed by atoms with Crippen LogP contribution in [0.2, 0.25) is 0 Å². The molecule has 1 heterocycles. The van der Waals surface area contributed by atoms with Crippen LogP contribution in [-0.4, -0.2) is 10.2 Å². The highest BCUT2D eigenvalue weighted by Gasteiger charge is 1.85. The molecule has 0 aromatic carbocycles. The van der Waals surface area contributed by atoms with Crippen LogP contribution in [0.4, 0.5) is 0 Å². The van der Waals surface area contributed by atoms with Gasteiger partial charge in [-0.1, -0.05) is 6.58 Å². The Hall–Kier alpha value is -1.12. The molecule has 0 amide bonds. The monoisotopic (exact) mass is 95.0 g/mol. The molecule has 1 aromatic heterocycles. The minimum atomic E-state index is 0.403. The smallest absolute Gasteiger partial charge is 0.306 e. The van der Waals surface area contributed by atoms with E-state index in [0.29, 0.717) is 5.89 Å². The zero-order chi connectivity index (χ0) is 5.11. The van der Waals surface area contributed by atoms with E-state index in [9.17, 15) is 0 Å². The van der Waals surface area contributed by atoms with Crippen LogP contribution in [0.3, 0.4) is 0 Å². The molecule has 0 saturated carbocycles. The number of rotatable bonds is 1. The van der Waals surface area contributed by atoms with Gasteiger partial charge in [-0.2, -0.15) is 0 Å². The maximum Gasteiger partial charge on any atom is 0.306 e. The summed E-state index contributed by atoms with van der Waals surface area (Å²) in [5.74, 6) is 0.403. The molecule has 1 aromatic rings. The Morgan fingerprint density at radius 1 is 1.86 bits per heavy atom. The first-order chi connectivity index (χ1) is 3.43. The molecule has 3 heteroatoms. The number of aromatic nitrogens is 2. The fraction of sp³-hybridized carbons (Fsp3) is 0. The van der Waals surface area contributed by atoms with Gasteiger partial charge in [0.25, 0.3) is 0 Å². The van der Waals surface area contributed by atoms with Crippen LogP contribution in [-0.2, 0) is 0 Å². The van der Waals surface area contributed by atoms with Gasteiger partial charge < -0.3 is 4.42 Å². The van der Waals surface area contributed by atoms with Crippen molar-refractivity contribution in [2.45, 2.75) is 0 Å². The van der Waals surface area contributed by atoms with Crippen LogP contribution in [0.5, 0.6) is 0 Å². The molecule has 0 fully saturated rings. The van der Waals surface area contributed by atoms with Crippen molar-refractivity contribution in [3.05, 3.63) is 18.9 Å². The van der Waals surface area contributed by atoms with Crippen LogP contribution < -0.4 is 0 Å². The molecule has 0 atom stereocenters. The highest BCUT2D eigenvalue weighted by molar-refractivity contribution is 5.31. The van der Waals surface area contributed by atoms with E-state index in [2.05, 4.69) is 27.6 Å². The first kappa shape index (κ1) is 4.05. The van der Waals surface area contributed by atoms with E-state index < -0.39 is 0 Å². The molecule has 0 N–H and O–H groups in total. The van der Waals surface area contributed by atoms with Crippen molar-refractivity contribution in [1.29, 1.82) is 0 Å². The molecule has 1 radical (unpaired) electrons. The number of hydrogen-bond donors (Lipinski definition) is 0. The third-order valence-corrected chi connectivity index (χ3v) is 0.514. The van der Waals surface area contributed by atoms with Crippen molar-refractivity contribution < 1.29 is 4.42 Å². The van der Waals surface area contributed by atoms with E-state index in [1.165, 1.54) is 6.08 Å². The van der Waals surface area contributed by atoms with E-state index in [-0.39, 0.29) is 0 Å². The van der Waals surface area contributed by atoms with Gasteiger partial charge in [0.15, 0.2) is 0 Å². The molecular formula is C4H3N2O. The lowest BCUT2D eigenvalue weighted by Crippen LogP contribution is -1.66. The molecule has 1 rings (SSSR count). The predicted octanol–water partition coefficient (Wildman–Crippen LogP) is 0.513. The Morgan fingerprint density at radius 2 is 2.71 bits per heavy atom. The van der Waals surface area contributed by atoms with Crippen LogP contribution in [0, 0.1) is 6.39 Å². The van der Waals surface area contributed by atoms with Crippen LogP contribution >= 0.6 is 0 Å². The zero-order valence-electron chi connectivity index (χ0n) is 3.59. The predicted molar refractivity (Wildman–Crippen MR) is 23.2 cm³/mol. The Balaban J connectivity index is 2.96. The summed E-state index contributed by atoms with van der Waals surface area (Å²) in [6.45, 7) is 3.39.